The van der Waals surface area contributed by atoms with Crippen LogP contribution in [0.3, 0.4) is 0 Å². The van der Waals surface area contributed by atoms with Gasteiger partial charge < -0.3 is 9.84 Å². The highest BCUT2D eigenvalue weighted by Gasteiger charge is 2.17. The van der Waals surface area contributed by atoms with Gasteiger partial charge in [-0.25, -0.2) is 4.79 Å². The largest absolute Gasteiger partial charge is 0.479 e. The van der Waals surface area contributed by atoms with Crippen molar-refractivity contribution >= 4 is 16.9 Å². The molecule has 0 saturated heterocycles. The minimum absolute atomic E-state index is 0.342. The SMILES string of the molecule is COC(Cc1ccnc2ccccc12)C(=O)O. The Labute approximate surface area is 98.9 Å². The Balaban J connectivity index is 2.38. The van der Waals surface area contributed by atoms with Gasteiger partial charge in [-0.2, -0.15) is 0 Å². The Kier molecular flexibility index (Phi) is 3.35. The third-order valence-corrected chi connectivity index (χ3v) is 2.70. The molecule has 4 nitrogen and oxygen atoms in total. The predicted molar refractivity (Wildman–Crippen MR) is 63.9 cm³/mol. The van der Waals surface area contributed by atoms with Crippen molar-refractivity contribution in [2.24, 2.45) is 0 Å². The van der Waals surface area contributed by atoms with E-state index in [-0.39, 0.29) is 0 Å². The topological polar surface area (TPSA) is 59.4 Å². The van der Waals surface area contributed by atoms with Crippen LogP contribution in [0.25, 0.3) is 10.9 Å². The van der Waals surface area contributed by atoms with Crippen molar-refractivity contribution in [3.63, 3.8) is 0 Å². The number of carboxylic acids is 1. The summed E-state index contributed by atoms with van der Waals surface area (Å²) in [6.45, 7) is 0. The molecule has 1 N–H and O–H groups in total. The predicted octanol–water partition coefficient (Wildman–Crippen LogP) is 1.88. The van der Waals surface area contributed by atoms with Gasteiger partial charge in [0.25, 0.3) is 0 Å². The maximum absolute atomic E-state index is 10.9. The third kappa shape index (κ3) is 2.42. The maximum Gasteiger partial charge on any atom is 0.333 e. The van der Waals surface area contributed by atoms with Crippen LogP contribution < -0.4 is 0 Å². The molecular formula is C13H13NO3. The molecule has 17 heavy (non-hydrogen) atoms. The number of fused-ring (bicyclic) bond motifs is 1. The van der Waals surface area contributed by atoms with E-state index < -0.39 is 12.1 Å². The summed E-state index contributed by atoms with van der Waals surface area (Å²) in [6.07, 6.45) is 1.21. The smallest absolute Gasteiger partial charge is 0.333 e. The zero-order valence-electron chi connectivity index (χ0n) is 9.46. The summed E-state index contributed by atoms with van der Waals surface area (Å²) in [4.78, 5) is 15.2. The lowest BCUT2D eigenvalue weighted by atomic mass is 10.0. The van der Waals surface area contributed by atoms with E-state index in [2.05, 4.69) is 4.98 Å². The first kappa shape index (κ1) is 11.5. The van der Waals surface area contributed by atoms with E-state index in [9.17, 15) is 4.79 Å². The Bertz CT molecular complexity index is 534. The van der Waals surface area contributed by atoms with Gasteiger partial charge in [0.1, 0.15) is 0 Å². The molecule has 1 unspecified atom stereocenters. The normalized spacial score (nSPS) is 12.5. The molecule has 0 aliphatic carbocycles. The zero-order valence-corrected chi connectivity index (χ0v) is 9.46. The Hall–Kier alpha value is -1.94. The molecule has 1 heterocycles. The van der Waals surface area contributed by atoms with Crippen LogP contribution in [0.1, 0.15) is 5.56 Å². The van der Waals surface area contributed by atoms with E-state index in [0.717, 1.165) is 16.5 Å². The molecule has 0 bridgehead atoms. The lowest BCUT2D eigenvalue weighted by molar-refractivity contribution is -0.148. The Morgan fingerprint density at radius 2 is 2.18 bits per heavy atom. The van der Waals surface area contributed by atoms with Crippen molar-refractivity contribution in [2.75, 3.05) is 7.11 Å². The first-order valence-electron chi connectivity index (χ1n) is 5.30. The summed E-state index contributed by atoms with van der Waals surface area (Å²) in [7, 11) is 1.40. The highest BCUT2D eigenvalue weighted by Crippen LogP contribution is 2.18. The standard InChI is InChI=1S/C13H13NO3/c1-17-12(13(15)16)8-9-6-7-14-11-5-3-2-4-10(9)11/h2-7,12H,8H2,1H3,(H,15,16). The molecule has 2 aromatic rings. The molecule has 0 saturated carbocycles. The quantitative estimate of drug-likeness (QED) is 0.872. The minimum Gasteiger partial charge on any atom is -0.479 e. The lowest BCUT2D eigenvalue weighted by Gasteiger charge is -2.11. The fraction of sp³-hybridized carbons (Fsp3) is 0.231. The van der Waals surface area contributed by atoms with Crippen LogP contribution in [-0.2, 0) is 16.0 Å². The van der Waals surface area contributed by atoms with Gasteiger partial charge in [-0.15, -0.1) is 0 Å². The minimum atomic E-state index is -0.951. The molecule has 1 aromatic carbocycles. The number of para-hydroxylation sites is 1. The molecular weight excluding hydrogens is 218 g/mol. The number of benzene rings is 1. The van der Waals surface area contributed by atoms with E-state index in [1.54, 1.807) is 6.20 Å². The molecule has 1 atom stereocenters. The Morgan fingerprint density at radius 3 is 2.88 bits per heavy atom. The second-order valence-electron chi connectivity index (χ2n) is 3.75. The van der Waals surface area contributed by atoms with Crippen LogP contribution in [0, 0.1) is 0 Å². The van der Waals surface area contributed by atoms with Crippen molar-refractivity contribution in [3.8, 4) is 0 Å². The van der Waals surface area contributed by atoms with Crippen molar-refractivity contribution in [1.29, 1.82) is 0 Å². The molecule has 0 aliphatic rings. The molecule has 0 radical (unpaired) electrons. The van der Waals surface area contributed by atoms with Crippen LogP contribution in [0.4, 0.5) is 0 Å². The molecule has 88 valence electrons. The molecule has 4 heteroatoms. The number of carboxylic acid groups (broad SMARTS) is 1. The summed E-state index contributed by atoms with van der Waals surface area (Å²) in [5.74, 6) is -0.951. The summed E-state index contributed by atoms with van der Waals surface area (Å²) in [5, 5.41) is 9.94. The zero-order chi connectivity index (χ0) is 12.3. The number of aromatic nitrogens is 1. The maximum atomic E-state index is 10.9. The molecule has 0 amide bonds. The van der Waals surface area contributed by atoms with E-state index in [1.807, 2.05) is 30.3 Å². The third-order valence-electron chi connectivity index (χ3n) is 2.70. The number of methoxy groups -OCH3 is 1. The number of rotatable bonds is 4. The van der Waals surface area contributed by atoms with Gasteiger partial charge in [-0.1, -0.05) is 18.2 Å². The average Bonchev–Trinajstić information content (AvgIpc) is 2.35. The Morgan fingerprint density at radius 1 is 1.41 bits per heavy atom. The average molecular weight is 231 g/mol. The van der Waals surface area contributed by atoms with E-state index in [1.165, 1.54) is 7.11 Å². The fourth-order valence-electron chi connectivity index (χ4n) is 1.80. The summed E-state index contributed by atoms with van der Waals surface area (Å²) in [5.41, 5.74) is 1.80. The van der Waals surface area contributed by atoms with Crippen LogP contribution in [0.15, 0.2) is 36.5 Å². The molecule has 1 aromatic heterocycles. The molecule has 2 rings (SSSR count). The van der Waals surface area contributed by atoms with Crippen molar-refractivity contribution in [3.05, 3.63) is 42.1 Å². The van der Waals surface area contributed by atoms with Gasteiger partial charge >= 0.3 is 5.97 Å². The molecule has 0 aliphatic heterocycles. The lowest BCUT2D eigenvalue weighted by Crippen LogP contribution is -2.24. The summed E-state index contributed by atoms with van der Waals surface area (Å²) in [6, 6.07) is 9.49. The van der Waals surface area contributed by atoms with Crippen molar-refractivity contribution in [1.82, 2.24) is 4.98 Å². The van der Waals surface area contributed by atoms with Gasteiger partial charge in [0.15, 0.2) is 6.10 Å². The second-order valence-corrected chi connectivity index (χ2v) is 3.75. The molecule has 0 spiro atoms. The number of carbonyl (C=O) groups is 1. The van der Waals surface area contributed by atoms with Crippen molar-refractivity contribution in [2.45, 2.75) is 12.5 Å². The number of hydrogen-bond donors (Lipinski definition) is 1. The van der Waals surface area contributed by atoms with Gasteiger partial charge in [0, 0.05) is 25.1 Å². The number of nitrogens with zero attached hydrogens (tertiary/aromatic N) is 1. The van der Waals surface area contributed by atoms with Crippen LogP contribution >= 0.6 is 0 Å². The van der Waals surface area contributed by atoms with Gasteiger partial charge in [0.2, 0.25) is 0 Å². The van der Waals surface area contributed by atoms with Gasteiger partial charge in [-0.05, 0) is 17.7 Å². The monoisotopic (exact) mass is 231 g/mol. The number of pyridine rings is 1. The first-order valence-corrected chi connectivity index (χ1v) is 5.30. The van der Waals surface area contributed by atoms with E-state index in [4.69, 9.17) is 9.84 Å². The highest BCUT2D eigenvalue weighted by molar-refractivity contribution is 5.83. The van der Waals surface area contributed by atoms with Crippen LogP contribution in [0.2, 0.25) is 0 Å². The number of aliphatic carboxylic acids is 1. The van der Waals surface area contributed by atoms with E-state index >= 15 is 0 Å². The van der Waals surface area contributed by atoms with Crippen LogP contribution in [-0.4, -0.2) is 29.3 Å². The van der Waals surface area contributed by atoms with E-state index in [0.29, 0.717) is 6.42 Å². The number of hydrogen-bond acceptors (Lipinski definition) is 3. The fourth-order valence-corrected chi connectivity index (χ4v) is 1.80. The molecule has 0 fully saturated rings. The highest BCUT2D eigenvalue weighted by atomic mass is 16.5. The second kappa shape index (κ2) is 4.93. The number of ether oxygens (including phenoxy) is 1. The van der Waals surface area contributed by atoms with Gasteiger partial charge in [-0.3, -0.25) is 4.98 Å². The van der Waals surface area contributed by atoms with Gasteiger partial charge in [0.05, 0.1) is 5.52 Å². The summed E-state index contributed by atoms with van der Waals surface area (Å²) < 4.78 is 4.94. The van der Waals surface area contributed by atoms with Crippen molar-refractivity contribution < 1.29 is 14.6 Å². The first-order chi connectivity index (χ1) is 8.22. The summed E-state index contributed by atoms with van der Waals surface area (Å²) >= 11 is 0. The van der Waals surface area contributed by atoms with Crippen LogP contribution in [0.5, 0.6) is 0 Å².